The van der Waals surface area contributed by atoms with E-state index in [0.29, 0.717) is 13.0 Å². The molecule has 0 aromatic heterocycles. The van der Waals surface area contributed by atoms with E-state index in [2.05, 4.69) is 5.32 Å². The van der Waals surface area contributed by atoms with Gasteiger partial charge in [-0.1, -0.05) is 20.3 Å². The Morgan fingerprint density at radius 2 is 2.00 bits per heavy atom. The van der Waals surface area contributed by atoms with Gasteiger partial charge in [-0.2, -0.15) is 0 Å². The summed E-state index contributed by atoms with van der Waals surface area (Å²) < 4.78 is 0. The predicted octanol–water partition coefficient (Wildman–Crippen LogP) is 1.45. The summed E-state index contributed by atoms with van der Waals surface area (Å²) in [6.45, 7) is 6.09. The van der Waals surface area contributed by atoms with Gasteiger partial charge < -0.3 is 10.4 Å². The van der Waals surface area contributed by atoms with Gasteiger partial charge in [-0.25, -0.2) is 0 Å². The molecule has 78 valence electrons. The molecule has 0 bridgehead atoms. The maximum Gasteiger partial charge on any atom is 0.220 e. The number of nitrogens with one attached hydrogen (secondary N) is 1. The second-order valence-electron chi connectivity index (χ2n) is 3.77. The molecule has 3 nitrogen and oxygen atoms in total. The first-order valence-electron chi connectivity index (χ1n) is 5.01. The molecule has 1 amide bonds. The maximum absolute atomic E-state index is 11.1. The smallest absolute Gasteiger partial charge is 0.220 e. The minimum absolute atomic E-state index is 0.0267. The molecule has 0 aliphatic rings. The highest BCUT2D eigenvalue weighted by atomic mass is 16.3. The van der Waals surface area contributed by atoms with E-state index in [1.54, 1.807) is 6.92 Å². The Bertz CT molecular complexity index is 155. The van der Waals surface area contributed by atoms with E-state index >= 15 is 0 Å². The number of hydrogen-bond donors (Lipinski definition) is 2. The zero-order valence-electron chi connectivity index (χ0n) is 8.89. The lowest BCUT2D eigenvalue weighted by atomic mass is 10.0. The molecule has 2 N–H and O–H groups in total. The molecule has 0 heterocycles. The van der Waals surface area contributed by atoms with Crippen LogP contribution < -0.4 is 5.32 Å². The van der Waals surface area contributed by atoms with Crippen LogP contribution in [0.5, 0.6) is 0 Å². The second-order valence-corrected chi connectivity index (χ2v) is 3.77. The standard InChI is InChI=1S/C10H21NO2/c1-4-6-9(12)11-8-10(3,13)7-5-2/h13H,4-8H2,1-3H3,(H,11,12). The van der Waals surface area contributed by atoms with E-state index in [1.165, 1.54) is 0 Å². The number of aliphatic hydroxyl groups is 1. The van der Waals surface area contributed by atoms with Crippen LogP contribution in [0.25, 0.3) is 0 Å². The summed E-state index contributed by atoms with van der Waals surface area (Å²) in [7, 11) is 0. The summed E-state index contributed by atoms with van der Waals surface area (Å²) in [5.74, 6) is 0.0267. The topological polar surface area (TPSA) is 49.3 Å². The zero-order valence-corrected chi connectivity index (χ0v) is 8.89. The number of carbonyl (C=O) groups excluding carboxylic acids is 1. The van der Waals surface area contributed by atoms with Crippen LogP contribution in [0.2, 0.25) is 0 Å². The summed E-state index contributed by atoms with van der Waals surface area (Å²) >= 11 is 0. The molecule has 0 saturated carbocycles. The Morgan fingerprint density at radius 3 is 2.46 bits per heavy atom. The normalized spacial score (nSPS) is 15.1. The fraction of sp³-hybridized carbons (Fsp3) is 0.900. The summed E-state index contributed by atoms with van der Waals surface area (Å²) in [4.78, 5) is 11.1. The first-order chi connectivity index (χ1) is 6.02. The molecule has 0 aromatic rings. The van der Waals surface area contributed by atoms with Crippen LogP contribution in [0, 0.1) is 0 Å². The van der Waals surface area contributed by atoms with Crippen molar-refractivity contribution in [2.24, 2.45) is 0 Å². The van der Waals surface area contributed by atoms with Crippen LogP contribution in [0.4, 0.5) is 0 Å². The zero-order chi connectivity index (χ0) is 10.3. The van der Waals surface area contributed by atoms with Crippen LogP contribution in [0.3, 0.4) is 0 Å². The molecular weight excluding hydrogens is 166 g/mol. The Labute approximate surface area is 80.5 Å². The van der Waals surface area contributed by atoms with Crippen molar-refractivity contribution in [2.45, 2.75) is 52.1 Å². The Morgan fingerprint density at radius 1 is 1.38 bits per heavy atom. The van der Waals surface area contributed by atoms with Crippen molar-refractivity contribution in [3.8, 4) is 0 Å². The van der Waals surface area contributed by atoms with E-state index < -0.39 is 5.60 Å². The van der Waals surface area contributed by atoms with Crippen LogP contribution in [0.15, 0.2) is 0 Å². The fourth-order valence-electron chi connectivity index (χ4n) is 1.23. The number of carbonyl (C=O) groups is 1. The SMILES string of the molecule is CCCC(=O)NCC(C)(O)CCC. The van der Waals surface area contributed by atoms with E-state index in [9.17, 15) is 9.90 Å². The molecule has 13 heavy (non-hydrogen) atoms. The van der Waals surface area contributed by atoms with Crippen LogP contribution in [0.1, 0.15) is 46.5 Å². The van der Waals surface area contributed by atoms with Gasteiger partial charge >= 0.3 is 0 Å². The third-order valence-corrected chi connectivity index (χ3v) is 1.93. The molecule has 0 radical (unpaired) electrons. The van der Waals surface area contributed by atoms with Crippen molar-refractivity contribution >= 4 is 5.91 Å². The lowest BCUT2D eigenvalue weighted by Gasteiger charge is -2.22. The summed E-state index contributed by atoms with van der Waals surface area (Å²) in [5.41, 5.74) is -0.752. The molecule has 0 fully saturated rings. The average molecular weight is 187 g/mol. The van der Waals surface area contributed by atoms with Gasteiger partial charge in [0.15, 0.2) is 0 Å². The Balaban J connectivity index is 3.67. The minimum atomic E-state index is -0.752. The molecular formula is C10H21NO2. The Hall–Kier alpha value is -0.570. The van der Waals surface area contributed by atoms with Gasteiger partial charge in [-0.3, -0.25) is 4.79 Å². The summed E-state index contributed by atoms with van der Waals surface area (Å²) in [5, 5.41) is 12.4. The van der Waals surface area contributed by atoms with E-state index in [1.807, 2.05) is 13.8 Å². The van der Waals surface area contributed by atoms with Crippen LogP contribution in [-0.4, -0.2) is 23.2 Å². The molecule has 0 aliphatic heterocycles. The molecule has 3 heteroatoms. The number of hydrogen-bond acceptors (Lipinski definition) is 2. The monoisotopic (exact) mass is 187 g/mol. The molecule has 0 spiro atoms. The largest absolute Gasteiger partial charge is 0.388 e. The van der Waals surface area contributed by atoms with E-state index in [0.717, 1.165) is 19.3 Å². The molecule has 0 aromatic carbocycles. The van der Waals surface area contributed by atoms with Gasteiger partial charge in [-0.05, 0) is 19.8 Å². The quantitative estimate of drug-likeness (QED) is 0.661. The maximum atomic E-state index is 11.1. The predicted molar refractivity (Wildman–Crippen MR) is 53.4 cm³/mol. The lowest BCUT2D eigenvalue weighted by molar-refractivity contribution is -0.122. The van der Waals surface area contributed by atoms with Crippen molar-refractivity contribution in [3.63, 3.8) is 0 Å². The highest BCUT2D eigenvalue weighted by molar-refractivity contribution is 5.75. The first-order valence-corrected chi connectivity index (χ1v) is 5.01. The van der Waals surface area contributed by atoms with Crippen molar-refractivity contribution in [1.29, 1.82) is 0 Å². The molecule has 1 atom stereocenters. The van der Waals surface area contributed by atoms with Gasteiger partial charge in [0, 0.05) is 13.0 Å². The van der Waals surface area contributed by atoms with Gasteiger partial charge in [0.05, 0.1) is 5.60 Å². The van der Waals surface area contributed by atoms with Gasteiger partial charge in [-0.15, -0.1) is 0 Å². The van der Waals surface area contributed by atoms with Gasteiger partial charge in [0.2, 0.25) is 5.91 Å². The third kappa shape index (κ3) is 6.58. The molecule has 0 aliphatic carbocycles. The van der Waals surface area contributed by atoms with Gasteiger partial charge in [0.1, 0.15) is 0 Å². The summed E-state index contributed by atoms with van der Waals surface area (Å²) in [6.07, 6.45) is 3.04. The lowest BCUT2D eigenvalue weighted by Crippen LogP contribution is -2.40. The summed E-state index contributed by atoms with van der Waals surface area (Å²) in [6, 6.07) is 0. The highest BCUT2D eigenvalue weighted by Gasteiger charge is 2.19. The molecule has 0 rings (SSSR count). The van der Waals surface area contributed by atoms with Crippen LogP contribution in [-0.2, 0) is 4.79 Å². The average Bonchev–Trinajstić information content (AvgIpc) is 2.02. The first kappa shape index (κ1) is 12.4. The van der Waals surface area contributed by atoms with E-state index in [4.69, 9.17) is 0 Å². The number of rotatable bonds is 6. The Kier molecular flexibility index (Phi) is 5.71. The second kappa shape index (κ2) is 5.97. The van der Waals surface area contributed by atoms with Crippen molar-refractivity contribution in [2.75, 3.05) is 6.54 Å². The van der Waals surface area contributed by atoms with E-state index in [-0.39, 0.29) is 5.91 Å². The van der Waals surface area contributed by atoms with Gasteiger partial charge in [0.25, 0.3) is 0 Å². The highest BCUT2D eigenvalue weighted by Crippen LogP contribution is 2.09. The van der Waals surface area contributed by atoms with Crippen molar-refractivity contribution < 1.29 is 9.90 Å². The molecule has 0 saturated heterocycles. The third-order valence-electron chi connectivity index (χ3n) is 1.93. The fourth-order valence-corrected chi connectivity index (χ4v) is 1.23. The molecule has 1 unspecified atom stereocenters. The minimum Gasteiger partial charge on any atom is -0.388 e. The van der Waals surface area contributed by atoms with Crippen molar-refractivity contribution in [1.82, 2.24) is 5.32 Å². The van der Waals surface area contributed by atoms with Crippen molar-refractivity contribution in [3.05, 3.63) is 0 Å². The van der Waals surface area contributed by atoms with Crippen LogP contribution >= 0.6 is 0 Å². The number of amides is 1.